The Bertz CT molecular complexity index is 913. The van der Waals surface area contributed by atoms with Gasteiger partial charge in [-0.15, -0.1) is 0 Å². The lowest BCUT2D eigenvalue weighted by Gasteiger charge is -2.41. The highest BCUT2D eigenvalue weighted by atomic mass is 16.7. The first-order valence-electron chi connectivity index (χ1n) is 8.90. The molecule has 0 spiro atoms. The van der Waals surface area contributed by atoms with Gasteiger partial charge in [-0.25, -0.2) is 0 Å². The summed E-state index contributed by atoms with van der Waals surface area (Å²) < 4.78 is 11.7. The number of aliphatic hydroxyl groups excluding tert-OH is 1. The van der Waals surface area contributed by atoms with Crippen LogP contribution in [0.15, 0.2) is 36.4 Å². The molecule has 2 unspecified atom stereocenters. The van der Waals surface area contributed by atoms with Gasteiger partial charge in [-0.1, -0.05) is 19.1 Å². The largest absolute Gasteiger partial charge is 0.461 e. The number of aliphatic hydroxyl groups is 2. The molecule has 0 aliphatic carbocycles. The highest BCUT2D eigenvalue weighted by Crippen LogP contribution is 2.52. The Hall–Kier alpha value is -2.48. The van der Waals surface area contributed by atoms with Crippen molar-refractivity contribution in [2.24, 2.45) is 5.92 Å². The maximum absolute atomic E-state index is 11.4. The number of non-ortho nitro benzene ring substituents is 1. The summed E-state index contributed by atoms with van der Waals surface area (Å²) in [6.45, 7) is 3.65. The second-order valence-corrected chi connectivity index (χ2v) is 7.33. The third-order valence-electron chi connectivity index (χ3n) is 5.57. The second-order valence-electron chi connectivity index (χ2n) is 7.33. The molecule has 7 nitrogen and oxygen atoms in total. The number of hydrogen-bond donors (Lipinski definition) is 2. The van der Waals surface area contributed by atoms with Crippen LogP contribution in [0.2, 0.25) is 0 Å². The van der Waals surface area contributed by atoms with Crippen molar-refractivity contribution in [3.63, 3.8) is 0 Å². The van der Waals surface area contributed by atoms with E-state index in [1.165, 1.54) is 12.1 Å². The monoisotopic (exact) mass is 371 g/mol. The molecule has 2 aliphatic heterocycles. The molecule has 0 aromatic heterocycles. The van der Waals surface area contributed by atoms with E-state index in [2.05, 4.69) is 0 Å². The quantitative estimate of drug-likeness (QED) is 0.635. The third-order valence-corrected chi connectivity index (χ3v) is 5.57. The van der Waals surface area contributed by atoms with Crippen molar-refractivity contribution < 1.29 is 24.6 Å². The van der Waals surface area contributed by atoms with E-state index in [1.54, 1.807) is 12.1 Å². The van der Waals surface area contributed by atoms with Gasteiger partial charge in [0.1, 0.15) is 5.75 Å². The summed E-state index contributed by atoms with van der Waals surface area (Å²) in [5.41, 5.74) is 1.58. The van der Waals surface area contributed by atoms with Crippen LogP contribution in [0.3, 0.4) is 0 Å². The fourth-order valence-corrected chi connectivity index (χ4v) is 4.07. The minimum Gasteiger partial charge on any atom is -0.461 e. The Kier molecular flexibility index (Phi) is 4.18. The standard InChI is InChI=1S/C20H21NO6/c1-11-6-14(13-4-3-5-15(8-13)21(24)25)9-17-18(11)27-19-20(17,23)12(2)7-16(10-22)26-19/h3-6,8-9,12,16,19,22-23H,7,10H2,1-2H3/t12?,16?,19-,20-/m1/s1. The number of nitro benzene ring substituents is 1. The van der Waals surface area contributed by atoms with E-state index < -0.39 is 16.8 Å². The average Bonchev–Trinajstić information content (AvgIpc) is 2.96. The fraction of sp³-hybridized carbons (Fsp3) is 0.400. The highest BCUT2D eigenvalue weighted by molar-refractivity contribution is 5.70. The maximum atomic E-state index is 11.4. The Balaban J connectivity index is 1.81. The molecule has 2 heterocycles. The summed E-state index contributed by atoms with van der Waals surface area (Å²) in [4.78, 5) is 10.7. The molecule has 142 valence electrons. The van der Waals surface area contributed by atoms with Crippen molar-refractivity contribution in [1.29, 1.82) is 0 Å². The molecule has 27 heavy (non-hydrogen) atoms. The Morgan fingerprint density at radius 1 is 1.30 bits per heavy atom. The van der Waals surface area contributed by atoms with E-state index in [9.17, 15) is 20.3 Å². The smallest absolute Gasteiger partial charge is 0.270 e. The molecule has 2 aromatic carbocycles. The molecule has 2 N–H and O–H groups in total. The van der Waals surface area contributed by atoms with E-state index in [0.717, 1.165) is 11.1 Å². The molecule has 7 heteroatoms. The molecule has 0 radical (unpaired) electrons. The van der Waals surface area contributed by atoms with Crippen LogP contribution < -0.4 is 4.74 Å². The van der Waals surface area contributed by atoms with Crippen LogP contribution in [-0.2, 0) is 10.3 Å². The van der Waals surface area contributed by atoms with Crippen LogP contribution in [-0.4, -0.2) is 34.1 Å². The normalized spacial score (nSPS) is 29.0. The first-order chi connectivity index (χ1) is 12.8. The zero-order valence-corrected chi connectivity index (χ0v) is 15.1. The molecule has 1 fully saturated rings. The summed E-state index contributed by atoms with van der Waals surface area (Å²) >= 11 is 0. The average molecular weight is 371 g/mol. The number of fused-ring (bicyclic) bond motifs is 3. The summed E-state index contributed by atoms with van der Waals surface area (Å²) in [5, 5.41) is 32.0. The molecule has 2 aromatic rings. The van der Waals surface area contributed by atoms with Crippen molar-refractivity contribution in [3.8, 4) is 16.9 Å². The summed E-state index contributed by atoms with van der Waals surface area (Å²) in [6, 6.07) is 10.1. The molecule has 4 atom stereocenters. The molecule has 0 bridgehead atoms. The van der Waals surface area contributed by atoms with Gasteiger partial charge in [-0.3, -0.25) is 10.1 Å². The molecular weight excluding hydrogens is 350 g/mol. The van der Waals surface area contributed by atoms with Crippen molar-refractivity contribution in [2.45, 2.75) is 38.3 Å². The Morgan fingerprint density at radius 3 is 2.78 bits per heavy atom. The number of benzene rings is 2. The number of rotatable bonds is 3. The number of aryl methyl sites for hydroxylation is 1. The molecule has 0 saturated carbocycles. The van der Waals surface area contributed by atoms with Crippen molar-refractivity contribution in [1.82, 2.24) is 0 Å². The third kappa shape index (κ3) is 2.70. The topological polar surface area (TPSA) is 102 Å². The van der Waals surface area contributed by atoms with Gasteiger partial charge in [-0.2, -0.15) is 0 Å². The van der Waals surface area contributed by atoms with Crippen molar-refractivity contribution in [3.05, 3.63) is 57.6 Å². The minimum atomic E-state index is -1.33. The van der Waals surface area contributed by atoms with Crippen LogP contribution in [0.4, 0.5) is 5.69 Å². The highest BCUT2D eigenvalue weighted by Gasteiger charge is 2.56. The van der Waals surface area contributed by atoms with E-state index in [4.69, 9.17) is 9.47 Å². The van der Waals surface area contributed by atoms with Gasteiger partial charge in [0, 0.05) is 17.7 Å². The Labute approximate surface area is 156 Å². The zero-order chi connectivity index (χ0) is 19.3. The van der Waals surface area contributed by atoms with E-state index in [1.807, 2.05) is 26.0 Å². The van der Waals surface area contributed by atoms with E-state index in [0.29, 0.717) is 23.3 Å². The summed E-state index contributed by atoms with van der Waals surface area (Å²) in [6.07, 6.45) is -0.754. The number of hydrogen-bond acceptors (Lipinski definition) is 6. The van der Waals surface area contributed by atoms with Gasteiger partial charge in [0.05, 0.1) is 17.6 Å². The maximum Gasteiger partial charge on any atom is 0.270 e. The lowest BCUT2D eigenvalue weighted by Crippen LogP contribution is -2.52. The van der Waals surface area contributed by atoms with Crippen LogP contribution in [0.1, 0.15) is 24.5 Å². The minimum absolute atomic E-state index is 0.0126. The molecule has 2 aliphatic rings. The number of nitro groups is 1. The lowest BCUT2D eigenvalue weighted by atomic mass is 9.77. The van der Waals surface area contributed by atoms with E-state index in [-0.39, 0.29) is 24.3 Å². The lowest BCUT2D eigenvalue weighted by molar-refractivity contribution is -0.384. The first-order valence-corrected chi connectivity index (χ1v) is 8.90. The summed E-state index contributed by atoms with van der Waals surface area (Å²) in [5.74, 6) is 0.386. The first kappa shape index (κ1) is 17.9. The Morgan fingerprint density at radius 2 is 2.07 bits per heavy atom. The van der Waals surface area contributed by atoms with Gasteiger partial charge in [0.15, 0.2) is 5.60 Å². The molecule has 0 amide bonds. The van der Waals surface area contributed by atoms with Crippen molar-refractivity contribution >= 4 is 5.69 Å². The number of nitrogens with zero attached hydrogens (tertiary/aromatic N) is 1. The molecule has 1 saturated heterocycles. The van der Waals surface area contributed by atoms with Crippen LogP contribution in [0.5, 0.6) is 5.75 Å². The van der Waals surface area contributed by atoms with E-state index >= 15 is 0 Å². The second kappa shape index (κ2) is 6.30. The van der Waals surface area contributed by atoms with Crippen LogP contribution >= 0.6 is 0 Å². The predicted molar refractivity (Wildman–Crippen MR) is 97.3 cm³/mol. The van der Waals surface area contributed by atoms with Gasteiger partial charge >= 0.3 is 0 Å². The molecular formula is C20H21NO6. The van der Waals surface area contributed by atoms with Gasteiger partial charge in [0.2, 0.25) is 6.29 Å². The van der Waals surface area contributed by atoms with Crippen LogP contribution in [0.25, 0.3) is 11.1 Å². The predicted octanol–water partition coefficient (Wildman–Crippen LogP) is 2.89. The fourth-order valence-electron chi connectivity index (χ4n) is 4.07. The zero-order valence-electron chi connectivity index (χ0n) is 15.1. The van der Waals surface area contributed by atoms with Gasteiger partial charge in [-0.05, 0) is 48.1 Å². The SMILES string of the molecule is Cc1cc(-c2cccc([N+](=O)[O-])c2)cc2c1O[C@H]1OC(CO)CC(C)[C@@]21O. The van der Waals surface area contributed by atoms with Gasteiger partial charge < -0.3 is 19.7 Å². The number of ether oxygens (including phenoxy) is 2. The molecule has 4 rings (SSSR count). The van der Waals surface area contributed by atoms with Crippen molar-refractivity contribution in [2.75, 3.05) is 6.61 Å². The summed E-state index contributed by atoms with van der Waals surface area (Å²) in [7, 11) is 0. The van der Waals surface area contributed by atoms with Crippen LogP contribution in [0, 0.1) is 23.0 Å². The van der Waals surface area contributed by atoms with Gasteiger partial charge in [0.25, 0.3) is 5.69 Å².